The molecule has 0 aliphatic rings. The quantitative estimate of drug-likeness (QED) is 0.0981. The molecule has 0 aromatic carbocycles. The van der Waals surface area contributed by atoms with Crippen molar-refractivity contribution in [2.75, 3.05) is 6.67 Å². The van der Waals surface area contributed by atoms with Gasteiger partial charge in [0.05, 0.1) is 0 Å². The molecule has 0 aromatic heterocycles. The molecule has 0 bridgehead atoms. The molecule has 0 aliphatic carbocycles. The van der Waals surface area contributed by atoms with Crippen LogP contribution in [0.15, 0.2) is 9.98 Å². The van der Waals surface area contributed by atoms with E-state index in [-0.39, 0.29) is 18.6 Å². The van der Waals surface area contributed by atoms with Crippen molar-refractivity contribution in [3.63, 3.8) is 0 Å². The molecule has 0 aromatic rings. The lowest BCUT2D eigenvalue weighted by Crippen LogP contribution is -2.28. The van der Waals surface area contributed by atoms with Crippen LogP contribution >= 0.6 is 0 Å². The van der Waals surface area contributed by atoms with Crippen LogP contribution < -0.4 is 22.2 Å². The lowest BCUT2D eigenvalue weighted by atomic mass is 10.9. The Labute approximate surface area is 74.7 Å². The average molecular weight is 180 g/mol. The molecule has 6 N–H and O–H groups in total. The van der Waals surface area contributed by atoms with Gasteiger partial charge in [-0.3, -0.25) is 5.32 Å². The smallest absolute Gasteiger partial charge is 0.261 e. The number of nitrogens with zero attached hydrogens (tertiary/aromatic N) is 4. The highest BCUT2D eigenvalue weighted by Gasteiger charge is 1.89. The summed E-state index contributed by atoms with van der Waals surface area (Å²) < 4.78 is 0. The molecule has 13 heavy (non-hydrogen) atoms. The fraction of sp³-hybridized carbons (Fsp3) is 0.200. The van der Waals surface area contributed by atoms with E-state index in [1.165, 1.54) is 0 Å². The number of guanidine groups is 2. The second-order valence-electron chi connectivity index (χ2n) is 1.69. The van der Waals surface area contributed by atoms with Gasteiger partial charge in [0.1, 0.15) is 6.67 Å². The summed E-state index contributed by atoms with van der Waals surface area (Å²) in [5.41, 5.74) is 12.4. The maximum absolute atomic E-state index is 8.09. The molecule has 0 radical (unpaired) electrons. The second kappa shape index (κ2) is 6.24. The van der Waals surface area contributed by atoms with Crippen molar-refractivity contribution >= 4 is 11.9 Å². The van der Waals surface area contributed by atoms with E-state index in [1.807, 2.05) is 0 Å². The first kappa shape index (κ1) is 10.5. The van der Waals surface area contributed by atoms with E-state index in [4.69, 9.17) is 23.3 Å². The molecular weight excluding hydrogens is 172 g/mol. The highest BCUT2D eigenvalue weighted by atomic mass is 15.3. The second-order valence-corrected chi connectivity index (χ2v) is 1.69. The number of nitriles is 1. The minimum absolute atomic E-state index is 0.0468. The first-order valence-corrected chi connectivity index (χ1v) is 3.08. The third-order valence-electron chi connectivity index (χ3n) is 0.837. The summed E-state index contributed by atoms with van der Waals surface area (Å²) in [7, 11) is 0. The highest BCUT2D eigenvalue weighted by molar-refractivity contribution is 5.80. The van der Waals surface area contributed by atoms with E-state index in [9.17, 15) is 0 Å². The molecule has 0 saturated heterocycles. The van der Waals surface area contributed by atoms with Gasteiger partial charge in [0, 0.05) is 0 Å². The number of nitrogens with two attached hydrogens (primary N) is 2. The lowest BCUT2D eigenvalue weighted by molar-refractivity contribution is 1.01. The minimum Gasteiger partial charge on any atom is -0.369 e. The summed E-state index contributed by atoms with van der Waals surface area (Å²) in [5.74, 6) is -0.106. The number of aliphatic imine (C=N–C) groups is 2. The molecule has 0 heterocycles. The molecule has 0 fully saturated rings. The first-order valence-electron chi connectivity index (χ1n) is 3.08. The van der Waals surface area contributed by atoms with Crippen LogP contribution in [0.5, 0.6) is 0 Å². The summed E-state index contributed by atoms with van der Waals surface area (Å²) in [6.07, 6.45) is 1.58. The molecule has 0 unspecified atom stereocenters. The molecule has 0 atom stereocenters. The summed E-state index contributed by atoms with van der Waals surface area (Å²) in [4.78, 5) is 9.94. The monoisotopic (exact) mass is 180 g/mol. The summed E-state index contributed by atoms with van der Waals surface area (Å²) in [6, 6.07) is 0. The van der Waals surface area contributed by atoms with Gasteiger partial charge in [0.25, 0.3) is 5.96 Å². The number of hydrogen-bond acceptors (Lipinski definition) is 3. The van der Waals surface area contributed by atoms with Gasteiger partial charge in [-0.15, -0.1) is 0 Å². The Balaban J connectivity index is 3.91. The van der Waals surface area contributed by atoms with Crippen molar-refractivity contribution in [1.82, 2.24) is 10.7 Å². The Morgan fingerprint density at radius 1 is 1.46 bits per heavy atom. The van der Waals surface area contributed by atoms with Gasteiger partial charge in [0.15, 0.2) is 6.19 Å². The van der Waals surface area contributed by atoms with Crippen molar-refractivity contribution in [2.24, 2.45) is 21.5 Å². The van der Waals surface area contributed by atoms with Gasteiger partial charge in [0.2, 0.25) is 5.96 Å². The predicted octanol–water partition coefficient (Wildman–Crippen LogP) is -1.93. The van der Waals surface area contributed by atoms with Crippen LogP contribution in [0.4, 0.5) is 0 Å². The average Bonchev–Trinajstić information content (AvgIpc) is 2.05. The molecule has 0 aliphatic heterocycles. The first-order chi connectivity index (χ1) is 6.20. The molecule has 0 saturated carbocycles. The number of rotatable bonds is 2. The minimum atomic E-state index is -0.0538. The van der Waals surface area contributed by atoms with Gasteiger partial charge in [-0.25, -0.2) is 9.98 Å². The van der Waals surface area contributed by atoms with Crippen LogP contribution in [-0.2, 0) is 0 Å². The SMILES string of the molecule is [C-]#[N+]N/C(N)=N\C/N=C(/N)NC#N. The molecule has 0 rings (SSSR count). The molecule has 0 spiro atoms. The standard InChI is InChI=1S/C5H8N8/c1-9-13-5(8)12-3-11-4(7)10-2-6/h3H2,(H3,7,10,11)(H3,8,12,13). The Morgan fingerprint density at radius 3 is 2.62 bits per heavy atom. The molecule has 8 heteroatoms. The summed E-state index contributed by atoms with van der Waals surface area (Å²) in [6.45, 7) is 6.31. The van der Waals surface area contributed by atoms with E-state index >= 15 is 0 Å². The van der Waals surface area contributed by atoms with Crippen LogP contribution in [0, 0.1) is 18.0 Å². The van der Waals surface area contributed by atoms with E-state index in [0.717, 1.165) is 0 Å². The lowest BCUT2D eigenvalue weighted by Gasteiger charge is -1.93. The third kappa shape index (κ3) is 5.94. The van der Waals surface area contributed by atoms with Gasteiger partial charge in [-0.2, -0.15) is 16.8 Å². The normalized spacial score (nSPS) is 11.2. The Bertz CT molecular complexity index is 259. The van der Waals surface area contributed by atoms with Crippen molar-refractivity contribution < 1.29 is 0 Å². The molecular formula is C5H8N8. The van der Waals surface area contributed by atoms with Crippen molar-refractivity contribution in [3.8, 4) is 6.19 Å². The van der Waals surface area contributed by atoms with Crippen molar-refractivity contribution in [3.05, 3.63) is 11.5 Å². The highest BCUT2D eigenvalue weighted by Crippen LogP contribution is 1.72. The van der Waals surface area contributed by atoms with Gasteiger partial charge < -0.3 is 11.5 Å². The van der Waals surface area contributed by atoms with E-state index in [2.05, 4.69) is 25.7 Å². The largest absolute Gasteiger partial charge is 0.369 e. The zero-order valence-corrected chi connectivity index (χ0v) is 6.65. The number of hydrogen-bond donors (Lipinski definition) is 4. The zero-order valence-electron chi connectivity index (χ0n) is 6.65. The van der Waals surface area contributed by atoms with E-state index in [1.54, 1.807) is 6.19 Å². The Morgan fingerprint density at radius 2 is 2.08 bits per heavy atom. The maximum atomic E-state index is 8.09. The summed E-state index contributed by atoms with van der Waals surface area (Å²) in [5, 5.41) is 10.2. The fourth-order valence-electron chi connectivity index (χ4n) is 0.377. The predicted molar refractivity (Wildman–Crippen MR) is 46.6 cm³/mol. The van der Waals surface area contributed by atoms with Gasteiger partial charge in [-0.1, -0.05) is 5.43 Å². The summed E-state index contributed by atoms with van der Waals surface area (Å²) >= 11 is 0. The Kier molecular flexibility index (Phi) is 5.05. The zero-order chi connectivity index (χ0) is 10.1. The van der Waals surface area contributed by atoms with Crippen molar-refractivity contribution in [2.45, 2.75) is 0 Å². The van der Waals surface area contributed by atoms with E-state index < -0.39 is 0 Å². The fourth-order valence-corrected chi connectivity index (χ4v) is 0.377. The van der Waals surface area contributed by atoms with Crippen LogP contribution in [0.3, 0.4) is 0 Å². The molecule has 0 amide bonds. The number of nitrogens with one attached hydrogen (secondary N) is 2. The topological polar surface area (TPSA) is 129 Å². The van der Waals surface area contributed by atoms with E-state index in [0.29, 0.717) is 0 Å². The van der Waals surface area contributed by atoms with Crippen LogP contribution in [-0.4, -0.2) is 18.6 Å². The van der Waals surface area contributed by atoms with Crippen LogP contribution in [0.1, 0.15) is 0 Å². The maximum Gasteiger partial charge on any atom is 0.261 e. The molecule has 8 nitrogen and oxygen atoms in total. The van der Waals surface area contributed by atoms with Gasteiger partial charge in [-0.05, 0) is 0 Å². The molecule has 68 valence electrons. The van der Waals surface area contributed by atoms with Crippen LogP contribution in [0.2, 0.25) is 0 Å². The third-order valence-corrected chi connectivity index (χ3v) is 0.837. The van der Waals surface area contributed by atoms with Crippen LogP contribution in [0.25, 0.3) is 4.95 Å². The van der Waals surface area contributed by atoms with Gasteiger partial charge >= 0.3 is 0 Å². The van der Waals surface area contributed by atoms with Crippen molar-refractivity contribution in [1.29, 1.82) is 5.26 Å². The Hall–Kier alpha value is -2.48.